The molecule has 0 aliphatic rings. The quantitative estimate of drug-likeness (QED) is 0.869. The molecule has 6 nitrogen and oxygen atoms in total. The number of nitrogens with zero attached hydrogens (tertiary/aromatic N) is 1. The summed E-state index contributed by atoms with van der Waals surface area (Å²) in [5.74, 6) is -0.445. The standard InChI is InChI=1S/C14H14N2O4/c1-2-7-20-10-5-3-9(4-6-10)12-11(13(17)18)8-15-14(19)16-12/h3-6,8H,2,7H2,1H3,(H,17,18)(H,15,16,19). The van der Waals surface area contributed by atoms with Crippen LogP contribution in [-0.4, -0.2) is 27.7 Å². The highest BCUT2D eigenvalue weighted by atomic mass is 16.5. The first-order valence-corrected chi connectivity index (χ1v) is 6.17. The Hall–Kier alpha value is -2.63. The van der Waals surface area contributed by atoms with Crippen molar-refractivity contribution in [2.45, 2.75) is 13.3 Å². The summed E-state index contributed by atoms with van der Waals surface area (Å²) in [7, 11) is 0. The fraction of sp³-hybridized carbons (Fsp3) is 0.214. The van der Waals surface area contributed by atoms with Gasteiger partial charge in [0, 0.05) is 6.20 Å². The summed E-state index contributed by atoms with van der Waals surface area (Å²) < 4.78 is 5.45. The van der Waals surface area contributed by atoms with Gasteiger partial charge in [0.05, 0.1) is 12.3 Å². The zero-order valence-corrected chi connectivity index (χ0v) is 10.9. The largest absolute Gasteiger partial charge is 0.494 e. The maximum absolute atomic E-state index is 11.3. The molecule has 104 valence electrons. The topological polar surface area (TPSA) is 92.3 Å². The number of rotatable bonds is 5. The number of aromatic amines is 1. The molecular formula is C14H14N2O4. The van der Waals surface area contributed by atoms with Gasteiger partial charge in [-0.2, -0.15) is 0 Å². The predicted molar refractivity (Wildman–Crippen MR) is 73.0 cm³/mol. The summed E-state index contributed by atoms with van der Waals surface area (Å²) in [6.45, 7) is 2.63. The minimum absolute atomic E-state index is 0.0492. The van der Waals surface area contributed by atoms with Crippen LogP contribution in [0, 0.1) is 0 Å². The summed E-state index contributed by atoms with van der Waals surface area (Å²) in [5, 5.41) is 9.10. The van der Waals surface area contributed by atoms with Gasteiger partial charge in [-0.3, -0.25) is 0 Å². The highest BCUT2D eigenvalue weighted by Gasteiger charge is 2.13. The van der Waals surface area contributed by atoms with Crippen molar-refractivity contribution >= 4 is 5.97 Å². The number of benzene rings is 1. The van der Waals surface area contributed by atoms with Crippen LogP contribution in [0.1, 0.15) is 23.7 Å². The SMILES string of the molecule is CCCOc1ccc(-c2[nH]c(=O)ncc2C(=O)O)cc1. The molecule has 0 aliphatic carbocycles. The lowest BCUT2D eigenvalue weighted by atomic mass is 10.1. The Kier molecular flexibility index (Phi) is 4.14. The molecule has 0 unspecified atom stereocenters. The van der Waals surface area contributed by atoms with Crippen LogP contribution in [0.2, 0.25) is 0 Å². The van der Waals surface area contributed by atoms with Gasteiger partial charge >= 0.3 is 11.7 Å². The van der Waals surface area contributed by atoms with Gasteiger partial charge in [-0.15, -0.1) is 0 Å². The van der Waals surface area contributed by atoms with Crippen molar-refractivity contribution in [2.24, 2.45) is 0 Å². The van der Waals surface area contributed by atoms with Crippen LogP contribution in [-0.2, 0) is 0 Å². The van der Waals surface area contributed by atoms with E-state index in [0.717, 1.165) is 12.6 Å². The minimum atomic E-state index is -1.14. The Balaban J connectivity index is 2.38. The third-order valence-corrected chi connectivity index (χ3v) is 2.66. The van der Waals surface area contributed by atoms with Gasteiger partial charge in [0.1, 0.15) is 11.3 Å². The predicted octanol–water partition coefficient (Wildman–Crippen LogP) is 1.92. The third-order valence-electron chi connectivity index (χ3n) is 2.66. The number of carbonyl (C=O) groups is 1. The zero-order chi connectivity index (χ0) is 14.5. The van der Waals surface area contributed by atoms with Crippen LogP contribution in [0.5, 0.6) is 5.75 Å². The van der Waals surface area contributed by atoms with Crippen molar-refractivity contribution in [3.8, 4) is 17.0 Å². The average Bonchev–Trinajstić information content (AvgIpc) is 2.45. The number of aromatic carboxylic acids is 1. The molecule has 0 radical (unpaired) electrons. The Morgan fingerprint density at radius 3 is 2.65 bits per heavy atom. The molecule has 2 aromatic rings. The molecule has 0 atom stereocenters. The second-order valence-corrected chi connectivity index (χ2v) is 4.16. The molecule has 0 amide bonds. The maximum Gasteiger partial charge on any atom is 0.345 e. The highest BCUT2D eigenvalue weighted by Crippen LogP contribution is 2.22. The average molecular weight is 274 g/mol. The van der Waals surface area contributed by atoms with Crippen molar-refractivity contribution < 1.29 is 14.6 Å². The summed E-state index contributed by atoms with van der Waals surface area (Å²) in [4.78, 5) is 28.3. The van der Waals surface area contributed by atoms with Crippen molar-refractivity contribution in [1.82, 2.24) is 9.97 Å². The molecule has 2 N–H and O–H groups in total. The van der Waals surface area contributed by atoms with Crippen LogP contribution in [0.25, 0.3) is 11.3 Å². The number of hydrogen-bond donors (Lipinski definition) is 2. The second-order valence-electron chi connectivity index (χ2n) is 4.16. The Morgan fingerprint density at radius 1 is 1.35 bits per heavy atom. The molecule has 2 rings (SSSR count). The molecule has 0 aliphatic heterocycles. The molecule has 1 aromatic heterocycles. The van der Waals surface area contributed by atoms with Crippen molar-refractivity contribution in [2.75, 3.05) is 6.61 Å². The number of aromatic nitrogens is 2. The first-order valence-electron chi connectivity index (χ1n) is 6.17. The molecule has 0 fully saturated rings. The van der Waals surface area contributed by atoms with E-state index in [0.29, 0.717) is 17.9 Å². The highest BCUT2D eigenvalue weighted by molar-refractivity contribution is 5.94. The molecule has 0 saturated heterocycles. The van der Waals surface area contributed by atoms with Crippen molar-refractivity contribution in [1.29, 1.82) is 0 Å². The fourth-order valence-corrected chi connectivity index (χ4v) is 1.72. The monoisotopic (exact) mass is 274 g/mol. The van der Waals surface area contributed by atoms with Crippen LogP contribution in [0.15, 0.2) is 35.3 Å². The third kappa shape index (κ3) is 3.03. The normalized spacial score (nSPS) is 10.2. The van der Waals surface area contributed by atoms with E-state index in [4.69, 9.17) is 9.84 Å². The lowest BCUT2D eigenvalue weighted by molar-refractivity contribution is 0.0697. The Bertz CT molecular complexity index is 662. The van der Waals surface area contributed by atoms with E-state index in [1.54, 1.807) is 24.3 Å². The van der Waals surface area contributed by atoms with Crippen LogP contribution >= 0.6 is 0 Å². The van der Waals surface area contributed by atoms with Crippen LogP contribution < -0.4 is 10.4 Å². The molecule has 1 aromatic carbocycles. The molecule has 1 heterocycles. The molecule has 20 heavy (non-hydrogen) atoms. The number of ether oxygens (including phenoxy) is 1. The molecule has 0 spiro atoms. The van der Waals surface area contributed by atoms with E-state index >= 15 is 0 Å². The van der Waals surface area contributed by atoms with Gasteiger partial charge in [-0.1, -0.05) is 6.92 Å². The Labute approximate surface area is 115 Å². The van der Waals surface area contributed by atoms with Gasteiger partial charge < -0.3 is 14.8 Å². The fourth-order valence-electron chi connectivity index (χ4n) is 1.72. The van der Waals surface area contributed by atoms with E-state index < -0.39 is 11.7 Å². The lowest BCUT2D eigenvalue weighted by Gasteiger charge is -2.07. The van der Waals surface area contributed by atoms with Gasteiger partial charge in [0.2, 0.25) is 0 Å². The Morgan fingerprint density at radius 2 is 2.05 bits per heavy atom. The zero-order valence-electron chi connectivity index (χ0n) is 10.9. The van der Waals surface area contributed by atoms with Gasteiger partial charge in [-0.05, 0) is 36.2 Å². The van der Waals surface area contributed by atoms with Crippen molar-refractivity contribution in [3.63, 3.8) is 0 Å². The number of H-pyrrole nitrogens is 1. The smallest absolute Gasteiger partial charge is 0.345 e. The number of hydrogen-bond acceptors (Lipinski definition) is 4. The number of nitrogens with one attached hydrogen (secondary N) is 1. The van der Waals surface area contributed by atoms with Crippen LogP contribution in [0.3, 0.4) is 0 Å². The van der Waals surface area contributed by atoms with Gasteiger partial charge in [0.25, 0.3) is 0 Å². The summed E-state index contributed by atoms with van der Waals surface area (Å²) in [5.41, 5.74) is 0.188. The second kappa shape index (κ2) is 6.01. The summed E-state index contributed by atoms with van der Waals surface area (Å²) in [6, 6.07) is 6.86. The van der Waals surface area contributed by atoms with E-state index in [1.165, 1.54) is 0 Å². The molecule has 6 heteroatoms. The number of carboxylic acid groups (broad SMARTS) is 1. The summed E-state index contributed by atoms with van der Waals surface area (Å²) in [6.07, 6.45) is 1.96. The molecule has 0 bridgehead atoms. The number of carboxylic acids is 1. The maximum atomic E-state index is 11.3. The van der Waals surface area contributed by atoms with E-state index in [9.17, 15) is 9.59 Å². The van der Waals surface area contributed by atoms with E-state index in [1.807, 2.05) is 6.92 Å². The van der Waals surface area contributed by atoms with Gasteiger partial charge in [0.15, 0.2) is 0 Å². The minimum Gasteiger partial charge on any atom is -0.494 e. The summed E-state index contributed by atoms with van der Waals surface area (Å²) >= 11 is 0. The first-order chi connectivity index (χ1) is 9.61. The molecular weight excluding hydrogens is 260 g/mol. The van der Waals surface area contributed by atoms with E-state index in [-0.39, 0.29) is 11.3 Å². The van der Waals surface area contributed by atoms with E-state index in [2.05, 4.69) is 9.97 Å². The van der Waals surface area contributed by atoms with Crippen molar-refractivity contribution in [3.05, 3.63) is 46.5 Å². The first kappa shape index (κ1) is 13.8. The lowest BCUT2D eigenvalue weighted by Crippen LogP contribution is -2.15. The van der Waals surface area contributed by atoms with Crippen LogP contribution in [0.4, 0.5) is 0 Å². The molecule has 0 saturated carbocycles. The van der Waals surface area contributed by atoms with Gasteiger partial charge in [-0.25, -0.2) is 14.6 Å².